The van der Waals surface area contributed by atoms with E-state index in [-0.39, 0.29) is 24.0 Å². The summed E-state index contributed by atoms with van der Waals surface area (Å²) in [5.41, 5.74) is 2.56. The molecule has 23 heavy (non-hydrogen) atoms. The zero-order valence-electron chi connectivity index (χ0n) is 14.3. The van der Waals surface area contributed by atoms with E-state index in [1.807, 2.05) is 0 Å². The number of benzene rings is 1. The molecular weight excluding hydrogens is 401 g/mol. The summed E-state index contributed by atoms with van der Waals surface area (Å²) >= 11 is 0. The number of guanidine groups is 1. The Labute approximate surface area is 157 Å². The van der Waals surface area contributed by atoms with Crippen LogP contribution in [-0.2, 0) is 11.3 Å². The maximum atomic E-state index is 5.64. The van der Waals surface area contributed by atoms with Gasteiger partial charge >= 0.3 is 0 Å². The molecule has 0 aliphatic heterocycles. The standard InChI is InChI=1S/C18H29N3O.HI/c1-3-19-18(20-11-6-12-22-14-16-9-10-16)21-13-17-8-5-4-7-15(17)2;/h4-5,7-8,16H,3,6,9-14H2,1-2H3,(H2,19,20,21);1H. The number of aryl methyl sites for hydroxylation is 1. The lowest BCUT2D eigenvalue weighted by molar-refractivity contribution is 0.123. The molecule has 2 N–H and O–H groups in total. The summed E-state index contributed by atoms with van der Waals surface area (Å²) in [6.45, 7) is 8.47. The molecular formula is C18H30IN3O. The Bertz CT molecular complexity index is 475. The number of rotatable bonds is 9. The minimum atomic E-state index is 0. The number of hydrogen-bond acceptors (Lipinski definition) is 2. The molecule has 0 aromatic heterocycles. The van der Waals surface area contributed by atoms with E-state index in [9.17, 15) is 0 Å². The molecule has 5 heteroatoms. The monoisotopic (exact) mass is 431 g/mol. The van der Waals surface area contributed by atoms with E-state index in [0.29, 0.717) is 6.54 Å². The quantitative estimate of drug-likeness (QED) is 0.272. The number of nitrogens with zero attached hydrogens (tertiary/aromatic N) is 1. The Hall–Kier alpha value is -0.820. The van der Waals surface area contributed by atoms with Gasteiger partial charge in [-0.1, -0.05) is 24.3 Å². The largest absolute Gasteiger partial charge is 0.381 e. The average Bonchev–Trinajstić information content (AvgIpc) is 3.33. The highest BCUT2D eigenvalue weighted by Crippen LogP contribution is 2.28. The number of hydrogen-bond donors (Lipinski definition) is 2. The number of halogens is 1. The van der Waals surface area contributed by atoms with Crippen LogP contribution in [0, 0.1) is 12.8 Å². The summed E-state index contributed by atoms with van der Waals surface area (Å²) in [5.74, 6) is 1.73. The molecule has 1 aromatic carbocycles. The molecule has 1 aromatic rings. The lowest BCUT2D eigenvalue weighted by Gasteiger charge is -2.12. The highest BCUT2D eigenvalue weighted by molar-refractivity contribution is 14.0. The molecule has 0 radical (unpaired) electrons. The van der Waals surface area contributed by atoms with E-state index in [2.05, 4.69) is 53.7 Å². The Balaban J connectivity index is 0.00000264. The third-order valence-electron chi connectivity index (χ3n) is 3.82. The molecule has 2 rings (SSSR count). The van der Waals surface area contributed by atoms with Crippen molar-refractivity contribution in [1.29, 1.82) is 0 Å². The van der Waals surface area contributed by atoms with Gasteiger partial charge in [0.2, 0.25) is 0 Å². The molecule has 0 saturated heterocycles. The van der Waals surface area contributed by atoms with Crippen LogP contribution in [0.4, 0.5) is 0 Å². The molecule has 0 spiro atoms. The summed E-state index contributed by atoms with van der Waals surface area (Å²) in [5, 5.41) is 6.66. The van der Waals surface area contributed by atoms with E-state index in [1.165, 1.54) is 24.0 Å². The number of ether oxygens (including phenoxy) is 1. The van der Waals surface area contributed by atoms with Crippen molar-refractivity contribution < 1.29 is 4.74 Å². The molecule has 0 heterocycles. The second-order valence-electron chi connectivity index (χ2n) is 5.92. The third-order valence-corrected chi connectivity index (χ3v) is 3.82. The van der Waals surface area contributed by atoms with Gasteiger partial charge in [0, 0.05) is 26.3 Å². The predicted molar refractivity (Wildman–Crippen MR) is 108 cm³/mol. The van der Waals surface area contributed by atoms with Crippen molar-refractivity contribution in [3.8, 4) is 0 Å². The molecule has 1 aliphatic carbocycles. The van der Waals surface area contributed by atoms with Gasteiger partial charge in [-0.15, -0.1) is 24.0 Å². The minimum Gasteiger partial charge on any atom is -0.381 e. The average molecular weight is 431 g/mol. The fraction of sp³-hybridized carbons (Fsp3) is 0.611. The van der Waals surface area contributed by atoms with Crippen molar-refractivity contribution in [2.24, 2.45) is 10.9 Å². The molecule has 1 aliphatic rings. The van der Waals surface area contributed by atoms with Crippen LogP contribution in [-0.4, -0.2) is 32.3 Å². The van der Waals surface area contributed by atoms with Gasteiger partial charge in [0.1, 0.15) is 0 Å². The third kappa shape index (κ3) is 8.55. The maximum Gasteiger partial charge on any atom is 0.191 e. The first kappa shape index (κ1) is 20.2. The SMILES string of the molecule is CCNC(=NCc1ccccc1C)NCCCOCC1CC1.I. The van der Waals surface area contributed by atoms with Gasteiger partial charge in [-0.2, -0.15) is 0 Å². The first-order chi connectivity index (χ1) is 10.8. The van der Waals surface area contributed by atoms with E-state index in [0.717, 1.165) is 44.6 Å². The van der Waals surface area contributed by atoms with E-state index < -0.39 is 0 Å². The molecule has 4 nitrogen and oxygen atoms in total. The Kier molecular flexibility index (Phi) is 10.3. The summed E-state index contributed by atoms with van der Waals surface area (Å²) < 4.78 is 5.64. The van der Waals surface area contributed by atoms with Crippen molar-refractivity contribution in [1.82, 2.24) is 10.6 Å². The Morgan fingerprint density at radius 1 is 1.26 bits per heavy atom. The number of nitrogens with one attached hydrogen (secondary N) is 2. The molecule has 0 unspecified atom stereocenters. The molecule has 1 saturated carbocycles. The van der Waals surface area contributed by atoms with Gasteiger partial charge in [0.15, 0.2) is 5.96 Å². The van der Waals surface area contributed by atoms with Crippen LogP contribution in [0.2, 0.25) is 0 Å². The minimum absolute atomic E-state index is 0. The van der Waals surface area contributed by atoms with Crippen LogP contribution < -0.4 is 10.6 Å². The summed E-state index contributed by atoms with van der Waals surface area (Å²) in [4.78, 5) is 4.65. The smallest absolute Gasteiger partial charge is 0.191 e. The summed E-state index contributed by atoms with van der Waals surface area (Å²) in [6.07, 6.45) is 3.73. The van der Waals surface area contributed by atoms with Gasteiger partial charge in [-0.3, -0.25) is 0 Å². The lowest BCUT2D eigenvalue weighted by atomic mass is 10.1. The van der Waals surface area contributed by atoms with Gasteiger partial charge in [-0.05, 0) is 50.2 Å². The molecule has 1 fully saturated rings. The summed E-state index contributed by atoms with van der Waals surface area (Å²) in [7, 11) is 0. The van der Waals surface area contributed by atoms with Gasteiger partial charge in [0.05, 0.1) is 6.54 Å². The Morgan fingerprint density at radius 2 is 2.04 bits per heavy atom. The summed E-state index contributed by atoms with van der Waals surface area (Å²) in [6, 6.07) is 8.39. The van der Waals surface area contributed by atoms with Crippen molar-refractivity contribution in [2.45, 2.75) is 39.7 Å². The zero-order chi connectivity index (χ0) is 15.6. The van der Waals surface area contributed by atoms with E-state index in [4.69, 9.17) is 4.74 Å². The van der Waals surface area contributed by atoms with Crippen LogP contribution in [0.3, 0.4) is 0 Å². The Morgan fingerprint density at radius 3 is 2.74 bits per heavy atom. The zero-order valence-corrected chi connectivity index (χ0v) is 16.6. The highest BCUT2D eigenvalue weighted by Gasteiger charge is 2.20. The van der Waals surface area contributed by atoms with Crippen molar-refractivity contribution >= 4 is 29.9 Å². The normalized spacial score (nSPS) is 14.3. The second kappa shape index (κ2) is 11.7. The first-order valence-corrected chi connectivity index (χ1v) is 8.44. The lowest BCUT2D eigenvalue weighted by Crippen LogP contribution is -2.38. The van der Waals surface area contributed by atoms with Gasteiger partial charge in [-0.25, -0.2) is 4.99 Å². The van der Waals surface area contributed by atoms with Crippen LogP contribution in [0.1, 0.15) is 37.3 Å². The topological polar surface area (TPSA) is 45.7 Å². The molecule has 0 atom stereocenters. The molecule has 0 amide bonds. The fourth-order valence-corrected chi connectivity index (χ4v) is 2.21. The van der Waals surface area contributed by atoms with E-state index in [1.54, 1.807) is 0 Å². The van der Waals surface area contributed by atoms with Crippen molar-refractivity contribution in [2.75, 3.05) is 26.3 Å². The van der Waals surface area contributed by atoms with Gasteiger partial charge < -0.3 is 15.4 Å². The van der Waals surface area contributed by atoms with Crippen LogP contribution in [0.5, 0.6) is 0 Å². The first-order valence-electron chi connectivity index (χ1n) is 8.44. The van der Waals surface area contributed by atoms with Crippen LogP contribution >= 0.6 is 24.0 Å². The predicted octanol–water partition coefficient (Wildman–Crippen LogP) is 3.48. The van der Waals surface area contributed by atoms with Crippen LogP contribution in [0.25, 0.3) is 0 Å². The molecule has 0 bridgehead atoms. The second-order valence-corrected chi connectivity index (χ2v) is 5.92. The number of aliphatic imine (C=N–C) groups is 1. The van der Waals surface area contributed by atoms with Crippen molar-refractivity contribution in [3.63, 3.8) is 0 Å². The van der Waals surface area contributed by atoms with Crippen molar-refractivity contribution in [3.05, 3.63) is 35.4 Å². The van der Waals surface area contributed by atoms with Gasteiger partial charge in [0.25, 0.3) is 0 Å². The fourth-order valence-electron chi connectivity index (χ4n) is 2.21. The highest BCUT2D eigenvalue weighted by atomic mass is 127. The molecule has 130 valence electrons. The maximum absolute atomic E-state index is 5.64. The van der Waals surface area contributed by atoms with E-state index >= 15 is 0 Å². The van der Waals surface area contributed by atoms with Crippen LogP contribution in [0.15, 0.2) is 29.3 Å².